The molecule has 0 bridgehead atoms. The van der Waals surface area contributed by atoms with E-state index >= 15 is 0 Å². The van der Waals surface area contributed by atoms with Crippen molar-refractivity contribution in [2.45, 2.75) is 12.3 Å². The molecular formula is C18H14N2O2. The average molecular weight is 290 g/mol. The Labute approximate surface area is 128 Å². The molecule has 1 saturated heterocycles. The summed E-state index contributed by atoms with van der Waals surface area (Å²) in [5.74, 6) is 0. The number of fused-ring (bicyclic) bond motifs is 1. The molecular weight excluding hydrogens is 276 g/mol. The summed E-state index contributed by atoms with van der Waals surface area (Å²) in [6.45, 7) is 0. The molecule has 2 aromatic carbocycles. The Bertz CT molecular complexity index is 753. The van der Waals surface area contributed by atoms with Crippen LogP contribution < -0.4 is 4.90 Å². The first-order valence-corrected chi connectivity index (χ1v) is 7.19. The molecule has 1 amide bonds. The number of amides is 1. The summed E-state index contributed by atoms with van der Waals surface area (Å²) in [6, 6.07) is 19.4. The van der Waals surface area contributed by atoms with Gasteiger partial charge in [0.05, 0.1) is 5.71 Å². The molecule has 4 rings (SSSR count). The quantitative estimate of drug-likeness (QED) is 0.850. The van der Waals surface area contributed by atoms with E-state index in [2.05, 4.69) is 0 Å². The predicted octanol–water partition coefficient (Wildman–Crippen LogP) is 3.40. The van der Waals surface area contributed by atoms with Crippen LogP contribution in [-0.4, -0.2) is 24.1 Å². The van der Waals surface area contributed by atoms with E-state index in [0.717, 1.165) is 17.0 Å². The van der Waals surface area contributed by atoms with Gasteiger partial charge in [0.1, 0.15) is 0 Å². The highest BCUT2D eigenvalue weighted by Gasteiger charge is 2.42. The molecule has 4 heteroatoms. The number of hydrogen-bond donors (Lipinski definition) is 0. The highest BCUT2D eigenvalue weighted by molar-refractivity contribution is 6.10. The van der Waals surface area contributed by atoms with Crippen LogP contribution in [0.25, 0.3) is 0 Å². The van der Waals surface area contributed by atoms with Gasteiger partial charge in [0.15, 0.2) is 12.3 Å². The molecule has 1 fully saturated rings. The highest BCUT2D eigenvalue weighted by Crippen LogP contribution is 2.30. The number of dihydropyridines is 1. The van der Waals surface area contributed by atoms with Gasteiger partial charge in [-0.3, -0.25) is 9.89 Å². The largest absolute Gasteiger partial charge is 0.437 e. The molecule has 2 aliphatic heterocycles. The average Bonchev–Trinajstić information content (AvgIpc) is 2.91. The summed E-state index contributed by atoms with van der Waals surface area (Å²) in [4.78, 5) is 18.5. The van der Waals surface area contributed by atoms with E-state index in [1.807, 2.05) is 72.8 Å². The van der Waals surface area contributed by atoms with Crippen LogP contribution in [-0.2, 0) is 4.74 Å². The topological polar surface area (TPSA) is 41.9 Å². The number of hydrogen-bond acceptors (Lipinski definition) is 3. The number of allylic oxidation sites excluding steroid dienone is 1. The van der Waals surface area contributed by atoms with Crippen molar-refractivity contribution < 1.29 is 9.53 Å². The van der Waals surface area contributed by atoms with Crippen molar-refractivity contribution in [3.8, 4) is 0 Å². The minimum absolute atomic E-state index is 0.333. The van der Waals surface area contributed by atoms with Gasteiger partial charge in [-0.1, -0.05) is 48.5 Å². The fraction of sp³-hybridized carbons (Fsp3) is 0.111. The van der Waals surface area contributed by atoms with E-state index in [9.17, 15) is 4.79 Å². The molecule has 0 unspecified atom stereocenters. The van der Waals surface area contributed by atoms with Crippen LogP contribution in [0.15, 0.2) is 77.8 Å². The number of carbonyl (C=O) groups excluding carboxylic acids is 1. The fourth-order valence-electron chi connectivity index (χ4n) is 2.76. The molecule has 2 heterocycles. The van der Waals surface area contributed by atoms with Crippen LogP contribution in [0.1, 0.15) is 5.56 Å². The van der Waals surface area contributed by atoms with Gasteiger partial charge in [0.2, 0.25) is 0 Å². The Morgan fingerprint density at radius 1 is 0.955 bits per heavy atom. The molecule has 2 aromatic rings. The zero-order valence-corrected chi connectivity index (χ0v) is 11.8. The molecule has 2 aliphatic rings. The molecule has 4 nitrogen and oxygen atoms in total. The molecule has 0 spiro atoms. The summed E-state index contributed by atoms with van der Waals surface area (Å²) in [5.41, 5.74) is 2.69. The van der Waals surface area contributed by atoms with E-state index in [-0.39, 0.29) is 18.4 Å². The van der Waals surface area contributed by atoms with Gasteiger partial charge in [-0.2, -0.15) is 0 Å². The van der Waals surface area contributed by atoms with Gasteiger partial charge in [-0.15, -0.1) is 0 Å². The van der Waals surface area contributed by atoms with Gasteiger partial charge in [-0.25, -0.2) is 4.79 Å². The van der Waals surface area contributed by atoms with Crippen molar-refractivity contribution in [2.24, 2.45) is 4.99 Å². The van der Waals surface area contributed by atoms with Gasteiger partial charge < -0.3 is 4.74 Å². The minimum atomic E-state index is -0.357. The maximum atomic E-state index is 12.2. The Morgan fingerprint density at radius 2 is 1.64 bits per heavy atom. The molecule has 0 N–H and O–H groups in total. The zero-order chi connectivity index (χ0) is 14.9. The minimum Gasteiger partial charge on any atom is -0.437 e. The van der Waals surface area contributed by atoms with Crippen molar-refractivity contribution in [1.29, 1.82) is 0 Å². The predicted molar refractivity (Wildman–Crippen MR) is 85.1 cm³/mol. The van der Waals surface area contributed by atoms with Crippen molar-refractivity contribution >= 4 is 17.5 Å². The second-order valence-electron chi connectivity index (χ2n) is 5.21. The number of para-hydroxylation sites is 1. The van der Waals surface area contributed by atoms with E-state index < -0.39 is 0 Å². The monoisotopic (exact) mass is 290 g/mol. The van der Waals surface area contributed by atoms with E-state index in [0.29, 0.717) is 0 Å². The summed E-state index contributed by atoms with van der Waals surface area (Å²) in [6.07, 6.45) is 2.78. The number of anilines is 1. The van der Waals surface area contributed by atoms with E-state index in [1.165, 1.54) is 0 Å². The third kappa shape index (κ3) is 2.09. The first-order chi connectivity index (χ1) is 10.8. The molecule has 2 atom stereocenters. The second kappa shape index (κ2) is 5.15. The number of carbonyl (C=O) groups is 1. The van der Waals surface area contributed by atoms with Gasteiger partial charge in [0.25, 0.3) is 0 Å². The standard InChI is InChI=1S/C18H14N2O2/c21-18-20(14-9-5-2-6-10-14)17-16(22-18)12-11-15(19-17)13-7-3-1-4-8-13/h1-12,16-17H/t16-,17-/m1/s1. The highest BCUT2D eigenvalue weighted by atomic mass is 16.6. The first-order valence-electron chi connectivity index (χ1n) is 7.19. The lowest BCUT2D eigenvalue weighted by Crippen LogP contribution is -2.36. The van der Waals surface area contributed by atoms with Crippen LogP contribution in [0.4, 0.5) is 10.5 Å². The molecule has 0 aliphatic carbocycles. The second-order valence-corrected chi connectivity index (χ2v) is 5.21. The third-order valence-corrected chi connectivity index (χ3v) is 3.81. The smallest absolute Gasteiger partial charge is 0.416 e. The number of rotatable bonds is 2. The van der Waals surface area contributed by atoms with Crippen LogP contribution in [0, 0.1) is 0 Å². The van der Waals surface area contributed by atoms with Crippen LogP contribution in [0.5, 0.6) is 0 Å². The molecule has 108 valence electrons. The van der Waals surface area contributed by atoms with Crippen LogP contribution in [0.2, 0.25) is 0 Å². The van der Waals surface area contributed by atoms with Gasteiger partial charge >= 0.3 is 6.09 Å². The lowest BCUT2D eigenvalue weighted by molar-refractivity contribution is 0.154. The Morgan fingerprint density at radius 3 is 2.36 bits per heavy atom. The Balaban J connectivity index is 1.73. The Hall–Kier alpha value is -2.88. The maximum absolute atomic E-state index is 12.2. The van der Waals surface area contributed by atoms with Gasteiger partial charge in [0, 0.05) is 5.69 Å². The fourth-order valence-corrected chi connectivity index (χ4v) is 2.76. The van der Waals surface area contributed by atoms with Crippen molar-refractivity contribution in [3.05, 3.63) is 78.4 Å². The van der Waals surface area contributed by atoms with Crippen LogP contribution >= 0.6 is 0 Å². The molecule has 0 aromatic heterocycles. The summed E-state index contributed by atoms with van der Waals surface area (Å²) in [5, 5.41) is 0. The number of ether oxygens (including phenoxy) is 1. The number of nitrogens with zero attached hydrogens (tertiary/aromatic N) is 2. The lowest BCUT2D eigenvalue weighted by atomic mass is 10.1. The van der Waals surface area contributed by atoms with Crippen molar-refractivity contribution in [2.75, 3.05) is 4.90 Å². The normalized spacial score (nSPS) is 23.0. The van der Waals surface area contributed by atoms with E-state index in [4.69, 9.17) is 9.73 Å². The molecule has 22 heavy (non-hydrogen) atoms. The number of aliphatic imine (C=N–C) groups is 1. The molecule has 0 saturated carbocycles. The first kappa shape index (κ1) is 12.8. The molecule has 0 radical (unpaired) electrons. The summed E-state index contributed by atoms with van der Waals surface area (Å²) < 4.78 is 5.41. The van der Waals surface area contributed by atoms with Gasteiger partial charge in [-0.05, 0) is 29.8 Å². The third-order valence-electron chi connectivity index (χ3n) is 3.81. The van der Waals surface area contributed by atoms with Crippen molar-refractivity contribution in [3.63, 3.8) is 0 Å². The Kier molecular flexibility index (Phi) is 3.00. The number of benzene rings is 2. The van der Waals surface area contributed by atoms with E-state index in [1.54, 1.807) is 4.90 Å². The van der Waals surface area contributed by atoms with Crippen molar-refractivity contribution in [1.82, 2.24) is 0 Å². The zero-order valence-electron chi connectivity index (χ0n) is 11.8. The SMILES string of the molecule is O=C1O[C@@H]2C=CC(c3ccccc3)=N[C@@H]2N1c1ccccc1. The van der Waals surface area contributed by atoms with Crippen LogP contribution in [0.3, 0.4) is 0 Å². The lowest BCUT2D eigenvalue weighted by Gasteiger charge is -2.23. The maximum Gasteiger partial charge on any atom is 0.416 e. The summed E-state index contributed by atoms with van der Waals surface area (Å²) in [7, 11) is 0. The summed E-state index contributed by atoms with van der Waals surface area (Å²) >= 11 is 0.